The molecule has 5 nitrogen and oxygen atoms in total. The molecule has 9 heteroatoms. The number of imidazole rings is 1. The molecular weight excluding hydrogens is 421 g/mol. The number of carbonyl (C=O) groups excluding carboxylic acids is 1. The van der Waals surface area contributed by atoms with Gasteiger partial charge in [-0.1, -0.05) is 36.4 Å². The zero-order valence-corrected chi connectivity index (χ0v) is 17.1. The number of rotatable bonds is 5. The first kappa shape index (κ1) is 23.1. The van der Waals surface area contributed by atoms with Crippen LogP contribution in [0.4, 0.5) is 8.78 Å². The van der Waals surface area contributed by atoms with E-state index in [1.54, 1.807) is 0 Å². The van der Waals surface area contributed by atoms with Crippen molar-refractivity contribution in [2.24, 2.45) is 0 Å². The minimum Gasteiger partial charge on any atom is -0.351 e. The fourth-order valence-corrected chi connectivity index (χ4v) is 3.38. The summed E-state index contributed by atoms with van der Waals surface area (Å²) in [5, 5.41) is 5.31. The van der Waals surface area contributed by atoms with Crippen molar-refractivity contribution in [1.82, 2.24) is 20.2 Å². The van der Waals surface area contributed by atoms with Crippen molar-refractivity contribution in [3.63, 3.8) is 0 Å². The van der Waals surface area contributed by atoms with Crippen molar-refractivity contribution >= 4 is 41.8 Å². The fraction of sp³-hybridized carbons (Fsp3) is 0.300. The third-order valence-electron chi connectivity index (χ3n) is 4.76. The Kier molecular flexibility index (Phi) is 7.57. The lowest BCUT2D eigenvalue weighted by molar-refractivity contribution is -0.123. The predicted molar refractivity (Wildman–Crippen MR) is 113 cm³/mol. The second kappa shape index (κ2) is 9.52. The lowest BCUT2D eigenvalue weighted by Crippen LogP contribution is -2.40. The van der Waals surface area contributed by atoms with Gasteiger partial charge in [0, 0.05) is 19.5 Å². The third-order valence-corrected chi connectivity index (χ3v) is 4.76. The Morgan fingerprint density at radius 3 is 2.69 bits per heavy atom. The van der Waals surface area contributed by atoms with Gasteiger partial charge in [0.1, 0.15) is 0 Å². The normalized spacial score (nSPS) is 17.4. The molecule has 0 saturated carbocycles. The monoisotopic (exact) mass is 442 g/mol. The molecule has 3 aromatic rings. The van der Waals surface area contributed by atoms with E-state index in [2.05, 4.69) is 20.2 Å². The molecule has 2 aromatic carbocycles. The van der Waals surface area contributed by atoms with E-state index in [4.69, 9.17) is 0 Å². The second-order valence-corrected chi connectivity index (χ2v) is 6.89. The number of amides is 1. The Hall–Kier alpha value is -2.22. The van der Waals surface area contributed by atoms with E-state index in [0.29, 0.717) is 13.1 Å². The van der Waals surface area contributed by atoms with Crippen LogP contribution < -0.4 is 10.6 Å². The van der Waals surface area contributed by atoms with Crippen LogP contribution in [-0.2, 0) is 17.9 Å². The van der Waals surface area contributed by atoms with Crippen molar-refractivity contribution in [2.75, 3.05) is 6.54 Å². The van der Waals surface area contributed by atoms with Crippen LogP contribution in [0.1, 0.15) is 17.5 Å². The number of fused-ring (bicyclic) bond motifs is 1. The fourth-order valence-electron chi connectivity index (χ4n) is 3.38. The summed E-state index contributed by atoms with van der Waals surface area (Å²) in [5.74, 6) is -3.20. The number of aromatic nitrogens is 2. The molecule has 1 unspecified atom stereocenters. The Labute approximate surface area is 179 Å². The van der Waals surface area contributed by atoms with Gasteiger partial charge in [0.15, 0.2) is 0 Å². The van der Waals surface area contributed by atoms with Crippen molar-refractivity contribution in [1.29, 1.82) is 0 Å². The molecule has 156 valence electrons. The number of nitrogens with one attached hydrogen (secondary N) is 2. The number of nitrogens with zero attached hydrogens (tertiary/aromatic N) is 2. The van der Waals surface area contributed by atoms with E-state index in [-0.39, 0.29) is 24.8 Å². The number of hydrogen-bond acceptors (Lipinski definition) is 3. The number of carbonyl (C=O) groups is 1. The maximum absolute atomic E-state index is 13.2. The molecule has 1 atom stereocenters. The SMILES string of the molecule is Cl.Cl.O=C(NCc1cccc(Cn2cnc3ccccc32)c1)C1CC(F)(F)CN1. The minimum atomic E-state index is -2.81. The topological polar surface area (TPSA) is 59.0 Å². The van der Waals surface area contributed by atoms with E-state index in [1.165, 1.54) is 0 Å². The van der Waals surface area contributed by atoms with Crippen LogP contribution in [0.3, 0.4) is 0 Å². The van der Waals surface area contributed by atoms with Crippen LogP contribution in [-0.4, -0.2) is 34.0 Å². The summed E-state index contributed by atoms with van der Waals surface area (Å²) in [7, 11) is 0. The van der Waals surface area contributed by atoms with Crippen molar-refractivity contribution in [2.45, 2.75) is 31.5 Å². The molecule has 0 radical (unpaired) electrons. The van der Waals surface area contributed by atoms with Gasteiger partial charge in [0.25, 0.3) is 5.92 Å². The first-order chi connectivity index (χ1) is 13.0. The average molecular weight is 443 g/mol. The van der Waals surface area contributed by atoms with Crippen LogP contribution in [0.2, 0.25) is 0 Å². The lowest BCUT2D eigenvalue weighted by atomic mass is 10.1. The van der Waals surface area contributed by atoms with Crippen molar-refractivity contribution in [3.05, 3.63) is 66.0 Å². The molecule has 0 aliphatic carbocycles. The maximum Gasteiger partial charge on any atom is 0.262 e. The summed E-state index contributed by atoms with van der Waals surface area (Å²) in [4.78, 5) is 16.5. The van der Waals surface area contributed by atoms with Crippen LogP contribution in [0, 0.1) is 0 Å². The van der Waals surface area contributed by atoms with Gasteiger partial charge in [0.05, 0.1) is 29.9 Å². The Morgan fingerprint density at radius 1 is 1.17 bits per heavy atom. The molecule has 1 aromatic heterocycles. The molecule has 1 aliphatic heterocycles. The molecule has 2 N–H and O–H groups in total. The molecule has 1 fully saturated rings. The Balaban J connectivity index is 0.00000150. The summed E-state index contributed by atoms with van der Waals surface area (Å²) < 4.78 is 28.5. The van der Waals surface area contributed by atoms with Gasteiger partial charge in [-0.3, -0.25) is 10.1 Å². The Bertz CT molecular complexity index is 980. The standard InChI is InChI=1S/C20H20F2N4O.2ClH/c21-20(22)9-17(24-12-20)19(27)23-10-14-4-3-5-15(8-14)11-26-13-25-16-6-1-2-7-18(16)26;;/h1-8,13,17,24H,9-12H2,(H,23,27);2*1H. The largest absolute Gasteiger partial charge is 0.351 e. The number of hydrogen-bond donors (Lipinski definition) is 2. The van der Waals surface area contributed by atoms with Crippen LogP contribution in [0.5, 0.6) is 0 Å². The van der Waals surface area contributed by atoms with Gasteiger partial charge >= 0.3 is 0 Å². The molecule has 0 bridgehead atoms. The highest BCUT2D eigenvalue weighted by molar-refractivity contribution is 5.85. The smallest absolute Gasteiger partial charge is 0.262 e. The molecular formula is C20H22Cl2F2N4O. The van der Waals surface area contributed by atoms with Gasteiger partial charge in [-0.2, -0.15) is 0 Å². The summed E-state index contributed by atoms with van der Waals surface area (Å²) in [6.07, 6.45) is 1.36. The summed E-state index contributed by atoms with van der Waals surface area (Å²) in [6.45, 7) is 0.527. The number of alkyl halides is 2. The molecule has 29 heavy (non-hydrogen) atoms. The van der Waals surface area contributed by atoms with Gasteiger partial charge < -0.3 is 9.88 Å². The van der Waals surface area contributed by atoms with Gasteiger partial charge in [-0.15, -0.1) is 24.8 Å². The van der Waals surface area contributed by atoms with E-state index in [1.807, 2.05) is 54.9 Å². The highest BCUT2D eigenvalue weighted by Crippen LogP contribution is 2.25. The van der Waals surface area contributed by atoms with E-state index < -0.39 is 30.8 Å². The highest BCUT2D eigenvalue weighted by Gasteiger charge is 2.42. The van der Waals surface area contributed by atoms with Crippen molar-refractivity contribution in [3.8, 4) is 0 Å². The quantitative estimate of drug-likeness (QED) is 0.635. The van der Waals surface area contributed by atoms with Gasteiger partial charge in [-0.05, 0) is 23.3 Å². The van der Waals surface area contributed by atoms with Crippen molar-refractivity contribution < 1.29 is 13.6 Å². The number of para-hydroxylation sites is 2. The maximum atomic E-state index is 13.2. The molecule has 1 saturated heterocycles. The van der Waals surface area contributed by atoms with E-state index in [0.717, 1.165) is 22.2 Å². The molecule has 1 amide bonds. The third kappa shape index (κ3) is 5.44. The molecule has 0 spiro atoms. The summed E-state index contributed by atoms with van der Waals surface area (Å²) >= 11 is 0. The van der Waals surface area contributed by atoms with Crippen LogP contribution in [0.25, 0.3) is 11.0 Å². The highest BCUT2D eigenvalue weighted by atomic mass is 35.5. The first-order valence-electron chi connectivity index (χ1n) is 8.87. The number of benzene rings is 2. The summed E-state index contributed by atoms with van der Waals surface area (Å²) in [6, 6.07) is 15.0. The molecule has 2 heterocycles. The second-order valence-electron chi connectivity index (χ2n) is 6.89. The summed E-state index contributed by atoms with van der Waals surface area (Å²) in [5.41, 5.74) is 4.01. The Morgan fingerprint density at radius 2 is 1.93 bits per heavy atom. The van der Waals surface area contributed by atoms with Crippen LogP contribution >= 0.6 is 24.8 Å². The lowest BCUT2D eigenvalue weighted by Gasteiger charge is -2.12. The number of halogens is 4. The van der Waals surface area contributed by atoms with Gasteiger partial charge in [0.2, 0.25) is 5.91 Å². The minimum absolute atomic E-state index is 0. The zero-order valence-electron chi connectivity index (χ0n) is 15.5. The first-order valence-corrected chi connectivity index (χ1v) is 8.87. The predicted octanol–water partition coefficient (Wildman–Crippen LogP) is 3.54. The average Bonchev–Trinajstić information content (AvgIpc) is 3.23. The molecule has 1 aliphatic rings. The van der Waals surface area contributed by atoms with E-state index >= 15 is 0 Å². The van der Waals surface area contributed by atoms with E-state index in [9.17, 15) is 13.6 Å². The van der Waals surface area contributed by atoms with Gasteiger partial charge in [-0.25, -0.2) is 13.8 Å². The molecule has 4 rings (SSSR count). The van der Waals surface area contributed by atoms with Crippen LogP contribution in [0.15, 0.2) is 54.9 Å². The zero-order chi connectivity index (χ0) is 18.9.